The van der Waals surface area contributed by atoms with Crippen LogP contribution in [-0.4, -0.2) is 28.1 Å². The summed E-state index contributed by atoms with van der Waals surface area (Å²) in [4.78, 5) is 10.8. The highest BCUT2D eigenvalue weighted by Gasteiger charge is 2.25. The molecule has 1 nitrogen and oxygen atoms in total. The topological polar surface area (TPSA) is 17.1 Å². The average molecular weight is 191 g/mol. The first kappa shape index (κ1) is 9.46. The Hall–Kier alpha value is 0.370. The van der Waals surface area contributed by atoms with Gasteiger partial charge in [0.15, 0.2) is 5.12 Å². The lowest BCUT2D eigenvalue weighted by atomic mass is 10.2. The van der Waals surface area contributed by atoms with Crippen molar-refractivity contribution in [2.45, 2.75) is 25.0 Å². The lowest BCUT2D eigenvalue weighted by Crippen LogP contribution is -2.24. The van der Waals surface area contributed by atoms with Gasteiger partial charge in [-0.2, -0.15) is 0 Å². The third kappa shape index (κ3) is 3.52. The van der Waals surface area contributed by atoms with Crippen molar-refractivity contribution < 1.29 is 4.79 Å². The largest absolute Gasteiger partial charge is 0.288 e. The molecule has 0 N–H and O–H groups in total. The molecule has 0 saturated carbocycles. The first-order valence-corrected chi connectivity index (χ1v) is 6.80. The second-order valence-corrected chi connectivity index (χ2v) is 6.86. The van der Waals surface area contributed by atoms with Crippen LogP contribution in [0.3, 0.4) is 0 Å². The van der Waals surface area contributed by atoms with Crippen molar-refractivity contribution in [1.29, 1.82) is 0 Å². The number of hydrogen-bond acceptors (Lipinski definition) is 2. The van der Waals surface area contributed by atoms with Gasteiger partial charge in [-0.05, 0) is 10.9 Å². The summed E-state index contributed by atoms with van der Waals surface area (Å²) < 4.78 is 0. The van der Waals surface area contributed by atoms with Gasteiger partial charge in [0, 0.05) is 25.0 Å². The SMILES string of the molecule is CC(=O)SC1CC[S+](C)CC1. The molecular weight excluding hydrogens is 176 g/mol. The normalized spacial score (nSPS) is 31.8. The van der Waals surface area contributed by atoms with Crippen LogP contribution in [0.2, 0.25) is 0 Å². The maximum atomic E-state index is 10.8. The fourth-order valence-electron chi connectivity index (χ4n) is 1.26. The van der Waals surface area contributed by atoms with Gasteiger partial charge in [0.1, 0.15) is 11.5 Å². The van der Waals surface area contributed by atoms with E-state index in [1.54, 1.807) is 18.7 Å². The van der Waals surface area contributed by atoms with Gasteiger partial charge in [-0.3, -0.25) is 4.79 Å². The molecule has 1 rings (SSSR count). The summed E-state index contributed by atoms with van der Waals surface area (Å²) in [6.07, 6.45) is 4.84. The fourth-order valence-corrected chi connectivity index (χ4v) is 4.08. The molecule has 3 heteroatoms. The average Bonchev–Trinajstić information content (AvgIpc) is 1.93. The Labute approximate surface area is 75.7 Å². The van der Waals surface area contributed by atoms with Crippen LogP contribution in [-0.2, 0) is 15.7 Å². The predicted molar refractivity (Wildman–Crippen MR) is 54.3 cm³/mol. The minimum atomic E-state index is 0.285. The molecule has 0 radical (unpaired) electrons. The summed E-state index contributed by atoms with van der Waals surface area (Å²) in [6, 6.07) is 0. The maximum Gasteiger partial charge on any atom is 0.186 e. The van der Waals surface area contributed by atoms with Crippen molar-refractivity contribution in [2.75, 3.05) is 17.8 Å². The summed E-state index contributed by atoms with van der Waals surface area (Å²) in [6.45, 7) is 1.67. The summed E-state index contributed by atoms with van der Waals surface area (Å²) >= 11 is 1.54. The Morgan fingerprint density at radius 1 is 1.45 bits per heavy atom. The van der Waals surface area contributed by atoms with E-state index in [9.17, 15) is 4.79 Å². The molecule has 1 fully saturated rings. The quantitative estimate of drug-likeness (QED) is 0.587. The van der Waals surface area contributed by atoms with Crippen molar-refractivity contribution in [3.8, 4) is 0 Å². The monoisotopic (exact) mass is 191 g/mol. The first-order valence-electron chi connectivity index (χ1n) is 3.95. The molecule has 1 saturated heterocycles. The van der Waals surface area contributed by atoms with Crippen LogP contribution in [0.1, 0.15) is 19.8 Å². The minimum absolute atomic E-state index is 0.285. The van der Waals surface area contributed by atoms with E-state index in [2.05, 4.69) is 6.26 Å². The molecule has 1 heterocycles. The van der Waals surface area contributed by atoms with Crippen LogP contribution in [0.4, 0.5) is 0 Å². The standard InChI is InChI=1S/C8H15OS2/c1-7(9)10-8-3-5-11(2)6-4-8/h8H,3-6H2,1-2H3/q+1. The fraction of sp³-hybridized carbons (Fsp3) is 0.875. The summed E-state index contributed by atoms with van der Waals surface area (Å²) in [5, 5.41) is 0.920. The van der Waals surface area contributed by atoms with Crippen LogP contribution >= 0.6 is 11.8 Å². The van der Waals surface area contributed by atoms with Crippen molar-refractivity contribution in [1.82, 2.24) is 0 Å². The highest BCUT2D eigenvalue weighted by Crippen LogP contribution is 2.24. The molecule has 1 aliphatic heterocycles. The van der Waals surface area contributed by atoms with Gasteiger partial charge in [0.25, 0.3) is 0 Å². The molecule has 0 spiro atoms. The Bertz CT molecular complexity index is 139. The number of rotatable bonds is 1. The van der Waals surface area contributed by atoms with Gasteiger partial charge in [0.2, 0.25) is 0 Å². The van der Waals surface area contributed by atoms with Gasteiger partial charge in [-0.15, -0.1) is 0 Å². The van der Waals surface area contributed by atoms with Crippen molar-refractivity contribution in [2.24, 2.45) is 0 Å². The molecule has 64 valence electrons. The molecule has 0 aromatic heterocycles. The zero-order valence-electron chi connectivity index (χ0n) is 7.13. The van der Waals surface area contributed by atoms with E-state index in [0.717, 1.165) is 0 Å². The van der Waals surface area contributed by atoms with Crippen LogP contribution in [0.25, 0.3) is 0 Å². The lowest BCUT2D eigenvalue weighted by molar-refractivity contribution is -0.109. The van der Waals surface area contributed by atoms with Gasteiger partial charge < -0.3 is 0 Å². The number of thioether (sulfide) groups is 1. The maximum absolute atomic E-state index is 10.8. The highest BCUT2D eigenvalue weighted by molar-refractivity contribution is 8.14. The van der Waals surface area contributed by atoms with Gasteiger partial charge >= 0.3 is 0 Å². The molecule has 1 aliphatic rings. The van der Waals surface area contributed by atoms with Crippen LogP contribution in [0, 0.1) is 0 Å². The van der Waals surface area contributed by atoms with E-state index in [0.29, 0.717) is 16.1 Å². The highest BCUT2D eigenvalue weighted by atomic mass is 32.2. The Morgan fingerprint density at radius 2 is 2.00 bits per heavy atom. The molecule has 0 aromatic rings. The molecule has 0 aliphatic carbocycles. The minimum Gasteiger partial charge on any atom is -0.288 e. The van der Waals surface area contributed by atoms with Crippen LogP contribution in [0.15, 0.2) is 0 Å². The molecule has 0 unspecified atom stereocenters. The van der Waals surface area contributed by atoms with Gasteiger partial charge in [-0.25, -0.2) is 0 Å². The third-order valence-electron chi connectivity index (χ3n) is 1.91. The third-order valence-corrected chi connectivity index (χ3v) is 4.91. The molecule has 0 bridgehead atoms. The molecule has 0 aromatic carbocycles. The molecule has 0 amide bonds. The summed E-state index contributed by atoms with van der Waals surface area (Å²) in [5.41, 5.74) is 0. The predicted octanol–water partition coefficient (Wildman–Crippen LogP) is 1.68. The van der Waals surface area contributed by atoms with E-state index in [-0.39, 0.29) is 5.12 Å². The van der Waals surface area contributed by atoms with Crippen molar-refractivity contribution in [3.05, 3.63) is 0 Å². The Balaban J connectivity index is 2.22. The first-order chi connectivity index (χ1) is 5.18. The summed E-state index contributed by atoms with van der Waals surface area (Å²) in [7, 11) is 0.650. The van der Waals surface area contributed by atoms with Gasteiger partial charge in [0.05, 0.1) is 6.26 Å². The zero-order chi connectivity index (χ0) is 8.27. The Kier molecular flexibility index (Phi) is 3.79. The Morgan fingerprint density at radius 3 is 2.45 bits per heavy atom. The smallest absolute Gasteiger partial charge is 0.186 e. The second-order valence-electron chi connectivity index (χ2n) is 3.00. The van der Waals surface area contributed by atoms with Crippen molar-refractivity contribution in [3.63, 3.8) is 0 Å². The number of hydrogen-bond donors (Lipinski definition) is 0. The molecule has 0 atom stereocenters. The zero-order valence-corrected chi connectivity index (χ0v) is 8.76. The number of carbonyl (C=O) groups excluding carboxylic acids is 1. The van der Waals surface area contributed by atoms with E-state index in [1.807, 2.05) is 0 Å². The summed E-state index contributed by atoms with van der Waals surface area (Å²) in [5.74, 6) is 2.68. The van der Waals surface area contributed by atoms with Gasteiger partial charge in [-0.1, -0.05) is 11.8 Å². The van der Waals surface area contributed by atoms with E-state index in [4.69, 9.17) is 0 Å². The van der Waals surface area contributed by atoms with Crippen molar-refractivity contribution >= 4 is 27.8 Å². The van der Waals surface area contributed by atoms with E-state index >= 15 is 0 Å². The molecular formula is C8H15OS2+. The second kappa shape index (κ2) is 4.41. The number of carbonyl (C=O) groups is 1. The van der Waals surface area contributed by atoms with E-state index < -0.39 is 0 Å². The molecule has 11 heavy (non-hydrogen) atoms. The van der Waals surface area contributed by atoms with Crippen LogP contribution in [0.5, 0.6) is 0 Å². The van der Waals surface area contributed by atoms with Crippen LogP contribution < -0.4 is 0 Å². The lowest BCUT2D eigenvalue weighted by Gasteiger charge is -2.18. The van der Waals surface area contributed by atoms with E-state index in [1.165, 1.54) is 24.3 Å².